The normalized spacial score (nSPS) is 13.7. The van der Waals surface area contributed by atoms with E-state index in [2.05, 4.69) is 36.3 Å². The van der Waals surface area contributed by atoms with Crippen LogP contribution < -0.4 is 15.5 Å². The molecule has 0 saturated carbocycles. The molecule has 212 valence electrons. The number of hydrogen-bond donors (Lipinski definition) is 2. The Balaban J connectivity index is 1.24. The highest BCUT2D eigenvalue weighted by Crippen LogP contribution is 2.27. The van der Waals surface area contributed by atoms with Crippen LogP contribution in [0.1, 0.15) is 48.1 Å². The summed E-state index contributed by atoms with van der Waals surface area (Å²) < 4.78 is 1.76. The van der Waals surface area contributed by atoms with Crippen LogP contribution in [-0.2, 0) is 5.41 Å². The largest absolute Gasteiger partial charge is 0.353 e. The van der Waals surface area contributed by atoms with Crippen molar-refractivity contribution in [2.24, 2.45) is 0 Å². The zero-order valence-corrected chi connectivity index (χ0v) is 24.3. The molecule has 1 aliphatic rings. The van der Waals surface area contributed by atoms with Gasteiger partial charge >= 0.3 is 6.03 Å². The quantitative estimate of drug-likeness (QED) is 0.328. The van der Waals surface area contributed by atoms with Gasteiger partial charge in [-0.1, -0.05) is 56.7 Å². The number of nitrogens with one attached hydrogen (secondary N) is 2. The molecule has 0 aliphatic carbocycles. The predicted molar refractivity (Wildman–Crippen MR) is 163 cm³/mol. The number of aryl methyl sites for hydroxylation is 2. The summed E-state index contributed by atoms with van der Waals surface area (Å²) in [6, 6.07) is 22.7. The van der Waals surface area contributed by atoms with Gasteiger partial charge in [-0.25, -0.2) is 14.5 Å². The van der Waals surface area contributed by atoms with Crippen LogP contribution in [0.5, 0.6) is 0 Å². The Morgan fingerprint density at radius 2 is 1.51 bits per heavy atom. The fraction of sp³-hybridized carbons (Fsp3) is 0.312. The van der Waals surface area contributed by atoms with E-state index in [1.165, 1.54) is 0 Å². The van der Waals surface area contributed by atoms with Gasteiger partial charge < -0.3 is 15.1 Å². The molecule has 0 radical (unpaired) electrons. The van der Waals surface area contributed by atoms with Gasteiger partial charge in [0.1, 0.15) is 11.6 Å². The molecule has 1 fully saturated rings. The van der Waals surface area contributed by atoms with E-state index in [0.29, 0.717) is 48.9 Å². The van der Waals surface area contributed by atoms with Gasteiger partial charge in [-0.05, 0) is 50.2 Å². The first-order chi connectivity index (χ1) is 19.6. The molecule has 1 aliphatic heterocycles. The number of hydrogen-bond acceptors (Lipinski definition) is 5. The maximum absolute atomic E-state index is 13.1. The fourth-order valence-corrected chi connectivity index (χ4v) is 4.75. The number of pyridine rings is 1. The Morgan fingerprint density at radius 3 is 2.15 bits per heavy atom. The molecule has 2 aromatic carbocycles. The molecule has 0 bridgehead atoms. The monoisotopic (exact) mass is 551 g/mol. The standard InChI is InChI=1S/C32H37N7O2/c1-22-11-13-25(14-12-22)39-29(21-27(36-39)32(3,4)5)35-31(41)34-26-15-16-28(33-23(26)2)37-17-19-38(20-18-37)30(40)24-9-7-6-8-10-24/h6-16,21H,17-20H2,1-5H3,(H2,34,35,41). The van der Waals surface area contributed by atoms with Crippen LogP contribution in [-0.4, -0.2) is 57.8 Å². The van der Waals surface area contributed by atoms with Crippen molar-refractivity contribution in [2.45, 2.75) is 40.0 Å². The van der Waals surface area contributed by atoms with Gasteiger partial charge in [0.25, 0.3) is 5.91 Å². The number of aromatic nitrogens is 3. The maximum Gasteiger partial charge on any atom is 0.324 e. The Labute approximate surface area is 241 Å². The number of urea groups is 1. The number of carbonyl (C=O) groups excluding carboxylic acids is 2. The average Bonchev–Trinajstić information content (AvgIpc) is 3.39. The summed E-state index contributed by atoms with van der Waals surface area (Å²) in [5.41, 5.74) is 4.76. The number of piperazine rings is 1. The van der Waals surface area contributed by atoms with Gasteiger partial charge in [0.05, 0.1) is 22.8 Å². The van der Waals surface area contributed by atoms with Crippen molar-refractivity contribution >= 4 is 29.3 Å². The number of benzene rings is 2. The Kier molecular flexibility index (Phi) is 7.79. The second-order valence-electron chi connectivity index (χ2n) is 11.4. The molecule has 0 spiro atoms. The van der Waals surface area contributed by atoms with Crippen LogP contribution in [0.2, 0.25) is 0 Å². The lowest BCUT2D eigenvalue weighted by Gasteiger charge is -2.35. The molecule has 4 aromatic rings. The molecule has 0 atom stereocenters. The highest BCUT2D eigenvalue weighted by molar-refractivity contribution is 6.00. The Bertz CT molecular complexity index is 1530. The van der Waals surface area contributed by atoms with Gasteiger partial charge in [0, 0.05) is 43.2 Å². The van der Waals surface area contributed by atoms with Gasteiger partial charge in [0.15, 0.2) is 0 Å². The van der Waals surface area contributed by atoms with Crippen molar-refractivity contribution in [3.63, 3.8) is 0 Å². The zero-order valence-electron chi connectivity index (χ0n) is 24.3. The van der Waals surface area contributed by atoms with Crippen molar-refractivity contribution < 1.29 is 9.59 Å². The van der Waals surface area contributed by atoms with Gasteiger partial charge in [-0.15, -0.1) is 0 Å². The van der Waals surface area contributed by atoms with Crippen molar-refractivity contribution in [1.82, 2.24) is 19.7 Å². The minimum Gasteiger partial charge on any atom is -0.353 e. The van der Waals surface area contributed by atoms with Crippen LogP contribution >= 0.6 is 0 Å². The van der Waals surface area contributed by atoms with E-state index in [-0.39, 0.29) is 17.4 Å². The van der Waals surface area contributed by atoms with Crippen LogP contribution in [0.4, 0.5) is 22.1 Å². The lowest BCUT2D eigenvalue weighted by atomic mass is 9.92. The van der Waals surface area contributed by atoms with E-state index in [9.17, 15) is 9.59 Å². The molecule has 9 heteroatoms. The van der Waals surface area contributed by atoms with Gasteiger partial charge in [-0.2, -0.15) is 5.10 Å². The molecule has 1 saturated heterocycles. The zero-order chi connectivity index (χ0) is 29.1. The van der Waals surface area contributed by atoms with Crippen LogP contribution in [0.3, 0.4) is 0 Å². The first-order valence-electron chi connectivity index (χ1n) is 13.9. The van der Waals surface area contributed by atoms with Crippen molar-refractivity contribution in [2.75, 3.05) is 41.7 Å². The number of rotatable bonds is 5. The van der Waals surface area contributed by atoms with Crippen molar-refractivity contribution in [3.8, 4) is 5.69 Å². The van der Waals surface area contributed by atoms with E-state index in [0.717, 1.165) is 22.8 Å². The SMILES string of the molecule is Cc1ccc(-n2nc(C(C)(C)C)cc2NC(=O)Nc2ccc(N3CCN(C(=O)c4ccccc4)CC3)nc2C)cc1. The summed E-state index contributed by atoms with van der Waals surface area (Å²) in [6.07, 6.45) is 0. The van der Waals surface area contributed by atoms with Crippen molar-refractivity contribution in [3.05, 3.63) is 95.3 Å². The molecule has 3 heterocycles. The summed E-state index contributed by atoms with van der Waals surface area (Å²) >= 11 is 0. The highest BCUT2D eigenvalue weighted by atomic mass is 16.2. The number of nitrogens with zero attached hydrogens (tertiary/aromatic N) is 5. The smallest absolute Gasteiger partial charge is 0.324 e. The Hall–Kier alpha value is -4.66. The minimum absolute atomic E-state index is 0.0540. The molecule has 2 N–H and O–H groups in total. The van der Waals surface area contributed by atoms with E-state index < -0.39 is 0 Å². The fourth-order valence-electron chi connectivity index (χ4n) is 4.75. The lowest BCUT2D eigenvalue weighted by molar-refractivity contribution is 0.0746. The van der Waals surface area contributed by atoms with Crippen LogP contribution in [0, 0.1) is 13.8 Å². The topological polar surface area (TPSA) is 95.4 Å². The van der Waals surface area contributed by atoms with E-state index >= 15 is 0 Å². The molecule has 41 heavy (non-hydrogen) atoms. The van der Waals surface area contributed by atoms with Gasteiger partial charge in [0.2, 0.25) is 0 Å². The number of amides is 3. The minimum atomic E-state index is -0.371. The second kappa shape index (κ2) is 11.4. The molecule has 0 unspecified atom stereocenters. The summed E-state index contributed by atoms with van der Waals surface area (Å²) in [5.74, 6) is 1.47. The molecule has 3 amide bonds. The maximum atomic E-state index is 13.1. The highest BCUT2D eigenvalue weighted by Gasteiger charge is 2.24. The average molecular weight is 552 g/mol. The summed E-state index contributed by atoms with van der Waals surface area (Å²) in [5, 5.41) is 10.7. The van der Waals surface area contributed by atoms with Crippen molar-refractivity contribution in [1.29, 1.82) is 0 Å². The molecule has 9 nitrogen and oxygen atoms in total. The summed E-state index contributed by atoms with van der Waals surface area (Å²) in [6.45, 7) is 12.8. The summed E-state index contributed by atoms with van der Waals surface area (Å²) in [7, 11) is 0. The third kappa shape index (κ3) is 6.40. The molecule has 5 rings (SSSR count). The number of anilines is 3. The summed E-state index contributed by atoms with van der Waals surface area (Å²) in [4.78, 5) is 34.7. The van der Waals surface area contributed by atoms with Crippen LogP contribution in [0.15, 0.2) is 72.8 Å². The van der Waals surface area contributed by atoms with Gasteiger partial charge in [-0.3, -0.25) is 10.1 Å². The molecular formula is C32H37N7O2. The Morgan fingerprint density at radius 1 is 0.829 bits per heavy atom. The predicted octanol–water partition coefficient (Wildman–Crippen LogP) is 5.79. The molecule has 2 aromatic heterocycles. The van der Waals surface area contributed by atoms with Crippen LogP contribution in [0.25, 0.3) is 5.69 Å². The third-order valence-electron chi connectivity index (χ3n) is 7.23. The lowest BCUT2D eigenvalue weighted by Crippen LogP contribution is -2.49. The first kappa shape index (κ1) is 27.9. The van der Waals surface area contributed by atoms with E-state index in [1.54, 1.807) is 4.68 Å². The number of carbonyl (C=O) groups is 2. The van der Waals surface area contributed by atoms with E-state index in [4.69, 9.17) is 10.1 Å². The molecular weight excluding hydrogens is 514 g/mol. The van der Waals surface area contributed by atoms with E-state index in [1.807, 2.05) is 91.5 Å². The second-order valence-corrected chi connectivity index (χ2v) is 11.4. The third-order valence-corrected chi connectivity index (χ3v) is 7.23. The first-order valence-corrected chi connectivity index (χ1v) is 13.9.